The Morgan fingerprint density at radius 3 is 2.59 bits per heavy atom. The van der Waals surface area contributed by atoms with Crippen molar-refractivity contribution in [1.29, 1.82) is 5.26 Å². The van der Waals surface area contributed by atoms with Crippen LogP contribution in [0, 0.1) is 16.7 Å². The average molecular weight is 238 g/mol. The zero-order valence-corrected chi connectivity index (χ0v) is 10.8. The Morgan fingerprint density at radius 1 is 1.47 bits per heavy atom. The summed E-state index contributed by atoms with van der Waals surface area (Å²) in [6, 6.07) is 2.78. The van der Waals surface area contributed by atoms with Crippen molar-refractivity contribution < 1.29 is 9.90 Å². The molecule has 1 saturated carbocycles. The molecule has 1 aliphatic carbocycles. The Hall–Kier alpha value is -1.08. The molecule has 0 aliphatic heterocycles. The summed E-state index contributed by atoms with van der Waals surface area (Å²) >= 11 is 0. The highest BCUT2D eigenvalue weighted by atomic mass is 16.4. The van der Waals surface area contributed by atoms with Gasteiger partial charge in [0.25, 0.3) is 0 Å². The van der Waals surface area contributed by atoms with Crippen LogP contribution in [0.4, 0.5) is 0 Å². The maximum absolute atomic E-state index is 10.7. The number of hydrogen-bond donors (Lipinski definition) is 1. The van der Waals surface area contributed by atoms with Crippen molar-refractivity contribution in [2.45, 2.75) is 52.0 Å². The highest BCUT2D eigenvalue weighted by molar-refractivity contribution is 5.69. The second-order valence-electron chi connectivity index (χ2n) is 5.55. The predicted octanol–water partition coefficient (Wildman–Crippen LogP) is 2.26. The van der Waals surface area contributed by atoms with Gasteiger partial charge in [-0.1, -0.05) is 6.42 Å². The average Bonchev–Trinajstić information content (AvgIpc) is 3.06. The topological polar surface area (TPSA) is 64.3 Å². The van der Waals surface area contributed by atoms with Crippen LogP contribution in [0.2, 0.25) is 0 Å². The van der Waals surface area contributed by atoms with Crippen LogP contribution in [-0.2, 0) is 4.79 Å². The second-order valence-corrected chi connectivity index (χ2v) is 5.55. The number of carboxylic acid groups (broad SMARTS) is 1. The van der Waals surface area contributed by atoms with Gasteiger partial charge in [-0.3, -0.25) is 9.69 Å². The number of aliphatic carboxylic acids is 1. The normalized spacial score (nSPS) is 15.9. The first-order chi connectivity index (χ1) is 7.94. The highest BCUT2D eigenvalue weighted by Crippen LogP contribution is 2.27. The molecular weight excluding hydrogens is 216 g/mol. The quantitative estimate of drug-likeness (QED) is 0.659. The van der Waals surface area contributed by atoms with Crippen LogP contribution < -0.4 is 0 Å². The van der Waals surface area contributed by atoms with Gasteiger partial charge in [0.05, 0.1) is 18.0 Å². The molecule has 1 rings (SSSR count). The molecule has 17 heavy (non-hydrogen) atoms. The summed E-state index contributed by atoms with van der Waals surface area (Å²) < 4.78 is 0. The summed E-state index contributed by atoms with van der Waals surface area (Å²) in [5.41, 5.74) is -0.253. The fourth-order valence-corrected chi connectivity index (χ4v) is 1.94. The van der Waals surface area contributed by atoms with Crippen molar-refractivity contribution in [2.75, 3.05) is 13.1 Å². The first kappa shape index (κ1) is 14.0. The van der Waals surface area contributed by atoms with Gasteiger partial charge in [0.2, 0.25) is 0 Å². The molecule has 0 aromatic carbocycles. The number of nitriles is 1. The van der Waals surface area contributed by atoms with Crippen molar-refractivity contribution in [3.63, 3.8) is 0 Å². The van der Waals surface area contributed by atoms with Gasteiger partial charge in [-0.25, -0.2) is 0 Å². The van der Waals surface area contributed by atoms with E-state index < -0.39 is 5.97 Å². The lowest BCUT2D eigenvalue weighted by atomic mass is 9.89. The van der Waals surface area contributed by atoms with Crippen LogP contribution in [0.1, 0.15) is 46.0 Å². The van der Waals surface area contributed by atoms with Gasteiger partial charge >= 0.3 is 5.97 Å². The van der Waals surface area contributed by atoms with Gasteiger partial charge in [-0.05, 0) is 46.1 Å². The van der Waals surface area contributed by atoms with E-state index in [1.54, 1.807) is 0 Å². The number of nitrogens with zero attached hydrogens (tertiary/aromatic N) is 2. The molecule has 0 radical (unpaired) electrons. The molecule has 0 bridgehead atoms. The monoisotopic (exact) mass is 238 g/mol. The maximum Gasteiger partial charge on any atom is 0.317 e. The Kier molecular flexibility index (Phi) is 4.95. The number of carbonyl (C=O) groups is 1. The minimum absolute atomic E-state index is 0.159. The van der Waals surface area contributed by atoms with Crippen LogP contribution in [0.15, 0.2) is 0 Å². The summed E-state index contributed by atoms with van der Waals surface area (Å²) in [4.78, 5) is 12.8. The Bertz CT molecular complexity index is 303. The zero-order valence-electron chi connectivity index (χ0n) is 10.8. The third-order valence-electron chi connectivity index (χ3n) is 3.20. The largest absolute Gasteiger partial charge is 0.480 e. The summed E-state index contributed by atoms with van der Waals surface area (Å²) in [5, 5.41) is 17.7. The molecule has 0 saturated heterocycles. The van der Waals surface area contributed by atoms with Crippen LogP contribution in [0.25, 0.3) is 0 Å². The zero-order chi connectivity index (χ0) is 12.9. The molecule has 0 spiro atoms. The number of carboxylic acids is 1. The van der Waals surface area contributed by atoms with Gasteiger partial charge in [-0.2, -0.15) is 5.26 Å². The standard InChI is InChI=1S/C13H22N2O2/c1-13(2,10-14)7-3-4-8-15(9-12(16)17)11-5-6-11/h11H,3-9H2,1-2H3,(H,16,17). The fraction of sp³-hybridized carbons (Fsp3) is 0.846. The second kappa shape index (κ2) is 6.02. The van der Waals surface area contributed by atoms with Crippen molar-refractivity contribution in [1.82, 2.24) is 4.90 Å². The minimum Gasteiger partial charge on any atom is -0.480 e. The van der Waals surface area contributed by atoms with E-state index in [1.165, 1.54) is 0 Å². The van der Waals surface area contributed by atoms with Gasteiger partial charge in [-0.15, -0.1) is 0 Å². The molecule has 0 amide bonds. The van der Waals surface area contributed by atoms with E-state index >= 15 is 0 Å². The van der Waals surface area contributed by atoms with Gasteiger partial charge in [0.1, 0.15) is 0 Å². The van der Waals surface area contributed by atoms with E-state index in [0.29, 0.717) is 6.04 Å². The van der Waals surface area contributed by atoms with Crippen molar-refractivity contribution in [3.05, 3.63) is 0 Å². The van der Waals surface area contributed by atoms with E-state index in [9.17, 15) is 4.79 Å². The molecular formula is C13H22N2O2. The molecule has 1 N–H and O–H groups in total. The first-order valence-corrected chi connectivity index (χ1v) is 6.32. The molecule has 4 heteroatoms. The van der Waals surface area contributed by atoms with Gasteiger partial charge in [0, 0.05) is 6.04 Å². The first-order valence-electron chi connectivity index (χ1n) is 6.32. The highest BCUT2D eigenvalue weighted by Gasteiger charge is 2.29. The number of rotatable bonds is 8. The SMILES string of the molecule is CC(C)(C#N)CCCCN(CC(=O)O)C1CC1. The molecule has 0 aromatic heterocycles. The van der Waals surface area contributed by atoms with E-state index in [-0.39, 0.29) is 12.0 Å². The Labute approximate surface area is 103 Å². The molecule has 1 aliphatic rings. The van der Waals surface area contributed by atoms with Gasteiger partial charge in [0.15, 0.2) is 0 Å². The van der Waals surface area contributed by atoms with E-state index in [1.807, 2.05) is 13.8 Å². The van der Waals surface area contributed by atoms with Crippen molar-refractivity contribution >= 4 is 5.97 Å². The Morgan fingerprint density at radius 2 is 2.12 bits per heavy atom. The molecule has 0 heterocycles. The van der Waals surface area contributed by atoms with E-state index in [0.717, 1.165) is 38.6 Å². The third-order valence-corrected chi connectivity index (χ3v) is 3.20. The molecule has 1 fully saturated rings. The summed E-state index contributed by atoms with van der Waals surface area (Å²) in [5.74, 6) is -0.741. The smallest absolute Gasteiger partial charge is 0.317 e. The molecule has 0 unspecified atom stereocenters. The molecule has 0 aromatic rings. The van der Waals surface area contributed by atoms with Gasteiger partial charge < -0.3 is 5.11 Å². The summed E-state index contributed by atoms with van der Waals surface area (Å²) in [7, 11) is 0. The van der Waals surface area contributed by atoms with Crippen molar-refractivity contribution in [3.8, 4) is 6.07 Å². The number of unbranched alkanes of at least 4 members (excludes halogenated alkanes) is 1. The third kappa shape index (κ3) is 5.69. The van der Waals surface area contributed by atoms with Crippen LogP contribution in [-0.4, -0.2) is 35.1 Å². The van der Waals surface area contributed by atoms with E-state index in [4.69, 9.17) is 10.4 Å². The lowest BCUT2D eigenvalue weighted by molar-refractivity contribution is -0.138. The summed E-state index contributed by atoms with van der Waals surface area (Å²) in [6.07, 6.45) is 5.13. The summed E-state index contributed by atoms with van der Waals surface area (Å²) in [6.45, 7) is 4.90. The minimum atomic E-state index is -0.741. The predicted molar refractivity (Wildman–Crippen MR) is 65.5 cm³/mol. The lowest BCUT2D eigenvalue weighted by Gasteiger charge is -2.20. The maximum atomic E-state index is 10.7. The molecule has 0 atom stereocenters. The fourth-order valence-electron chi connectivity index (χ4n) is 1.94. The van der Waals surface area contributed by atoms with Crippen LogP contribution >= 0.6 is 0 Å². The molecule has 96 valence electrons. The lowest BCUT2D eigenvalue weighted by Crippen LogP contribution is -2.32. The van der Waals surface area contributed by atoms with Crippen molar-refractivity contribution in [2.24, 2.45) is 5.41 Å². The van der Waals surface area contributed by atoms with Crippen LogP contribution in [0.3, 0.4) is 0 Å². The number of hydrogen-bond acceptors (Lipinski definition) is 3. The Balaban J connectivity index is 2.19. The molecule has 4 nitrogen and oxygen atoms in total. The van der Waals surface area contributed by atoms with E-state index in [2.05, 4.69) is 11.0 Å². The van der Waals surface area contributed by atoms with Crippen LogP contribution in [0.5, 0.6) is 0 Å².